The van der Waals surface area contributed by atoms with Gasteiger partial charge < -0.3 is 5.73 Å². The second kappa shape index (κ2) is 7.00. The Morgan fingerprint density at radius 3 is 2.67 bits per heavy atom. The summed E-state index contributed by atoms with van der Waals surface area (Å²) in [6, 6.07) is 3.79. The van der Waals surface area contributed by atoms with Gasteiger partial charge in [0.15, 0.2) is 0 Å². The highest BCUT2D eigenvalue weighted by atomic mass is 79.9. The van der Waals surface area contributed by atoms with E-state index in [1.807, 2.05) is 12.1 Å². The number of halogens is 1. The molecule has 0 bridgehead atoms. The van der Waals surface area contributed by atoms with Gasteiger partial charge in [-0.1, -0.05) is 13.8 Å². The molecule has 0 saturated carbocycles. The Morgan fingerprint density at radius 2 is 2.11 bits per heavy atom. The quantitative estimate of drug-likeness (QED) is 0.841. The van der Waals surface area contributed by atoms with Crippen molar-refractivity contribution in [1.82, 2.24) is 4.98 Å². The van der Waals surface area contributed by atoms with Crippen LogP contribution in [0.1, 0.15) is 38.8 Å². The molecule has 0 spiro atoms. The van der Waals surface area contributed by atoms with Gasteiger partial charge in [-0.05, 0) is 52.9 Å². The second-order valence-corrected chi connectivity index (χ2v) is 6.30. The van der Waals surface area contributed by atoms with Crippen LogP contribution in [-0.4, -0.2) is 17.3 Å². The summed E-state index contributed by atoms with van der Waals surface area (Å²) in [5, 5.41) is 0. The number of carbonyl (C=O) groups excluding carboxylic acids is 1. The first-order chi connectivity index (χ1) is 8.43. The van der Waals surface area contributed by atoms with Gasteiger partial charge in [0.2, 0.25) is 0 Å². The number of aromatic nitrogens is 1. The number of Topliss-reactive ketones (excluding diaryl/α,β-unsaturated/α-hetero) is 1. The van der Waals surface area contributed by atoms with Gasteiger partial charge in [0.25, 0.3) is 0 Å². The molecule has 1 aromatic rings. The van der Waals surface area contributed by atoms with E-state index in [1.165, 1.54) is 0 Å². The number of rotatable bonds is 7. The number of nitrogens with two attached hydrogens (primary N) is 1. The molecule has 0 aliphatic heterocycles. The van der Waals surface area contributed by atoms with Crippen LogP contribution < -0.4 is 5.73 Å². The summed E-state index contributed by atoms with van der Waals surface area (Å²) in [5.74, 6) is 0.245. The van der Waals surface area contributed by atoms with E-state index in [2.05, 4.69) is 34.8 Å². The fraction of sp³-hybridized carbons (Fsp3) is 0.571. The van der Waals surface area contributed by atoms with Crippen molar-refractivity contribution in [2.45, 2.75) is 39.5 Å². The Morgan fingerprint density at radius 1 is 1.39 bits per heavy atom. The second-order valence-electron chi connectivity index (χ2n) is 5.39. The largest absolute Gasteiger partial charge is 0.330 e. The molecule has 0 fully saturated rings. The molecule has 1 aromatic heterocycles. The van der Waals surface area contributed by atoms with Crippen molar-refractivity contribution in [2.24, 2.45) is 11.1 Å². The third-order valence-corrected chi connectivity index (χ3v) is 3.54. The van der Waals surface area contributed by atoms with E-state index in [9.17, 15) is 4.79 Å². The Hall–Kier alpha value is -0.740. The molecule has 1 rings (SSSR count). The Balaban J connectivity index is 2.40. The lowest BCUT2D eigenvalue weighted by Gasteiger charge is -2.23. The summed E-state index contributed by atoms with van der Waals surface area (Å²) < 4.78 is 0.933. The van der Waals surface area contributed by atoms with Crippen molar-refractivity contribution in [3.63, 3.8) is 0 Å². The molecule has 18 heavy (non-hydrogen) atoms. The van der Waals surface area contributed by atoms with Crippen LogP contribution in [0.5, 0.6) is 0 Å². The normalized spacial score (nSPS) is 11.6. The molecule has 0 unspecified atom stereocenters. The van der Waals surface area contributed by atoms with Crippen molar-refractivity contribution in [1.29, 1.82) is 0 Å². The number of nitrogens with zero attached hydrogens (tertiary/aromatic N) is 1. The predicted molar refractivity (Wildman–Crippen MR) is 77.3 cm³/mol. The van der Waals surface area contributed by atoms with Crippen LogP contribution in [0.3, 0.4) is 0 Å². The molecule has 2 N–H and O–H groups in total. The van der Waals surface area contributed by atoms with Gasteiger partial charge in [-0.15, -0.1) is 0 Å². The third kappa shape index (κ3) is 5.74. The highest BCUT2D eigenvalue weighted by Gasteiger charge is 2.18. The molecule has 1 heterocycles. The number of pyridine rings is 1. The first kappa shape index (κ1) is 15.3. The SMILES string of the molecule is CC(C)(CCN)CCC(=O)Cc1ccc(Br)cn1. The lowest BCUT2D eigenvalue weighted by molar-refractivity contribution is -0.119. The van der Waals surface area contributed by atoms with E-state index in [0.29, 0.717) is 19.4 Å². The van der Waals surface area contributed by atoms with E-state index >= 15 is 0 Å². The monoisotopic (exact) mass is 312 g/mol. The minimum atomic E-state index is 0.150. The topological polar surface area (TPSA) is 56.0 Å². The molecule has 0 aliphatic rings. The third-order valence-electron chi connectivity index (χ3n) is 3.07. The van der Waals surface area contributed by atoms with Gasteiger partial charge in [-0.25, -0.2) is 0 Å². The Bertz CT molecular complexity index is 387. The summed E-state index contributed by atoms with van der Waals surface area (Å²) in [6.45, 7) is 4.99. The summed E-state index contributed by atoms with van der Waals surface area (Å²) in [4.78, 5) is 16.1. The molecule has 0 saturated heterocycles. The van der Waals surface area contributed by atoms with Gasteiger partial charge >= 0.3 is 0 Å². The molecule has 0 aliphatic carbocycles. The van der Waals surface area contributed by atoms with Crippen LogP contribution in [0.2, 0.25) is 0 Å². The molecule has 4 heteroatoms. The number of carbonyl (C=O) groups is 1. The molecule has 0 aromatic carbocycles. The van der Waals surface area contributed by atoms with Crippen molar-refractivity contribution < 1.29 is 4.79 Å². The lowest BCUT2D eigenvalue weighted by atomic mass is 9.83. The van der Waals surface area contributed by atoms with Gasteiger partial charge in [-0.2, -0.15) is 0 Å². The van der Waals surface area contributed by atoms with Crippen LogP contribution in [-0.2, 0) is 11.2 Å². The van der Waals surface area contributed by atoms with E-state index in [4.69, 9.17) is 5.73 Å². The molecule has 0 atom stereocenters. The first-order valence-electron chi connectivity index (χ1n) is 6.25. The standard InChI is InChI=1S/C14H21BrN2O/c1-14(2,7-8-16)6-5-13(18)9-12-4-3-11(15)10-17-12/h3-4,10H,5-9,16H2,1-2H3. The maximum absolute atomic E-state index is 11.9. The molecule has 3 nitrogen and oxygen atoms in total. The fourth-order valence-electron chi connectivity index (χ4n) is 1.79. The van der Waals surface area contributed by atoms with E-state index < -0.39 is 0 Å². The van der Waals surface area contributed by atoms with Crippen LogP contribution >= 0.6 is 15.9 Å². The number of ketones is 1. The number of hydrogen-bond donors (Lipinski definition) is 1. The summed E-state index contributed by atoms with van der Waals surface area (Å²) >= 11 is 3.33. The van der Waals surface area contributed by atoms with Crippen molar-refractivity contribution in [3.05, 3.63) is 28.5 Å². The highest BCUT2D eigenvalue weighted by Crippen LogP contribution is 2.26. The summed E-state index contributed by atoms with van der Waals surface area (Å²) in [7, 11) is 0. The minimum Gasteiger partial charge on any atom is -0.330 e. The van der Waals surface area contributed by atoms with Crippen molar-refractivity contribution in [2.75, 3.05) is 6.54 Å². The van der Waals surface area contributed by atoms with E-state index in [1.54, 1.807) is 6.20 Å². The van der Waals surface area contributed by atoms with Crippen LogP contribution in [0.4, 0.5) is 0 Å². The maximum Gasteiger partial charge on any atom is 0.138 e. The van der Waals surface area contributed by atoms with E-state index in [0.717, 1.165) is 23.0 Å². The van der Waals surface area contributed by atoms with Gasteiger partial charge in [-0.3, -0.25) is 9.78 Å². The zero-order chi connectivity index (χ0) is 13.6. The molecule has 0 radical (unpaired) electrons. The zero-order valence-electron chi connectivity index (χ0n) is 11.1. The number of hydrogen-bond acceptors (Lipinski definition) is 3. The Kier molecular flexibility index (Phi) is 5.96. The average Bonchev–Trinajstić information content (AvgIpc) is 2.30. The fourth-order valence-corrected chi connectivity index (χ4v) is 2.03. The zero-order valence-corrected chi connectivity index (χ0v) is 12.7. The lowest BCUT2D eigenvalue weighted by Crippen LogP contribution is -2.19. The predicted octanol–water partition coefficient (Wildman–Crippen LogP) is 3.11. The van der Waals surface area contributed by atoms with Crippen molar-refractivity contribution in [3.8, 4) is 0 Å². The van der Waals surface area contributed by atoms with Crippen LogP contribution in [0.25, 0.3) is 0 Å². The smallest absolute Gasteiger partial charge is 0.138 e. The van der Waals surface area contributed by atoms with Gasteiger partial charge in [0.1, 0.15) is 5.78 Å². The minimum absolute atomic E-state index is 0.150. The van der Waals surface area contributed by atoms with Crippen molar-refractivity contribution >= 4 is 21.7 Å². The molecular formula is C14H21BrN2O. The van der Waals surface area contributed by atoms with Gasteiger partial charge in [0.05, 0.1) is 0 Å². The highest BCUT2D eigenvalue weighted by molar-refractivity contribution is 9.10. The van der Waals surface area contributed by atoms with Gasteiger partial charge in [0, 0.05) is 29.2 Å². The summed E-state index contributed by atoms with van der Waals surface area (Å²) in [5.41, 5.74) is 6.54. The molecule has 0 amide bonds. The van der Waals surface area contributed by atoms with Crippen LogP contribution in [0.15, 0.2) is 22.8 Å². The van der Waals surface area contributed by atoms with Crippen LogP contribution in [0, 0.1) is 5.41 Å². The Labute approximate surface area is 117 Å². The molecular weight excluding hydrogens is 292 g/mol. The maximum atomic E-state index is 11.9. The first-order valence-corrected chi connectivity index (χ1v) is 7.04. The van der Waals surface area contributed by atoms with E-state index in [-0.39, 0.29) is 11.2 Å². The molecule has 100 valence electrons. The summed E-state index contributed by atoms with van der Waals surface area (Å²) in [6.07, 6.45) is 4.59. The average molecular weight is 313 g/mol.